The maximum absolute atomic E-state index is 11.9. The lowest BCUT2D eigenvalue weighted by Gasteiger charge is -2.19. The summed E-state index contributed by atoms with van der Waals surface area (Å²) in [5.41, 5.74) is 5.48. The van der Waals surface area contributed by atoms with Crippen LogP contribution in [0.5, 0.6) is 0 Å². The van der Waals surface area contributed by atoms with Crippen molar-refractivity contribution in [3.63, 3.8) is 0 Å². The number of carbonyl (C=O) groups is 1. The lowest BCUT2D eigenvalue weighted by atomic mass is 10.0. The minimum Gasteiger partial charge on any atom is -0.383 e. The maximum Gasteiger partial charge on any atom is 0.225 e. The molecule has 1 saturated heterocycles. The third-order valence-electron chi connectivity index (χ3n) is 2.80. The number of carbonyl (C=O) groups excluding carboxylic acids is 1. The van der Waals surface area contributed by atoms with Gasteiger partial charge in [0.1, 0.15) is 0 Å². The summed E-state index contributed by atoms with van der Waals surface area (Å²) in [6.45, 7) is 3.56. The first-order chi connectivity index (χ1) is 7.67. The summed E-state index contributed by atoms with van der Waals surface area (Å²) in [6, 6.07) is 0.0124. The van der Waals surface area contributed by atoms with Gasteiger partial charge in [-0.3, -0.25) is 4.79 Å². The average molecular weight is 230 g/mol. The lowest BCUT2D eigenvalue weighted by Crippen LogP contribution is -2.42. The van der Waals surface area contributed by atoms with Gasteiger partial charge in [-0.05, 0) is 26.3 Å². The third-order valence-corrected chi connectivity index (χ3v) is 2.80. The maximum atomic E-state index is 11.9. The Morgan fingerprint density at radius 1 is 1.69 bits per heavy atom. The Hall–Kier alpha value is -0.650. The molecule has 0 radical (unpaired) electrons. The van der Waals surface area contributed by atoms with Crippen molar-refractivity contribution in [2.75, 3.05) is 26.9 Å². The molecule has 0 bridgehead atoms. The molecule has 3 atom stereocenters. The van der Waals surface area contributed by atoms with Crippen molar-refractivity contribution < 1.29 is 14.3 Å². The number of nitrogens with one attached hydrogen (secondary N) is 1. The second-order valence-corrected chi connectivity index (χ2v) is 4.31. The van der Waals surface area contributed by atoms with Crippen molar-refractivity contribution in [1.29, 1.82) is 0 Å². The molecule has 1 aliphatic rings. The van der Waals surface area contributed by atoms with Gasteiger partial charge in [0.25, 0.3) is 0 Å². The van der Waals surface area contributed by atoms with Gasteiger partial charge in [-0.1, -0.05) is 0 Å². The fourth-order valence-electron chi connectivity index (χ4n) is 1.92. The summed E-state index contributed by atoms with van der Waals surface area (Å²) in [6.07, 6.45) is 1.72. The van der Waals surface area contributed by atoms with Crippen LogP contribution in [0.4, 0.5) is 0 Å². The quantitative estimate of drug-likeness (QED) is 0.668. The van der Waals surface area contributed by atoms with Gasteiger partial charge in [0.2, 0.25) is 5.91 Å². The average Bonchev–Trinajstić information content (AvgIpc) is 2.65. The molecule has 94 valence electrons. The Bertz CT molecular complexity index is 217. The second kappa shape index (κ2) is 6.83. The van der Waals surface area contributed by atoms with Crippen LogP contribution in [-0.4, -0.2) is 44.9 Å². The first kappa shape index (κ1) is 13.4. The first-order valence-electron chi connectivity index (χ1n) is 5.78. The monoisotopic (exact) mass is 230 g/mol. The van der Waals surface area contributed by atoms with E-state index in [1.54, 1.807) is 7.11 Å². The van der Waals surface area contributed by atoms with Crippen LogP contribution in [0, 0.1) is 5.92 Å². The highest BCUT2D eigenvalue weighted by molar-refractivity contribution is 5.79. The summed E-state index contributed by atoms with van der Waals surface area (Å²) in [5.74, 6) is 0.0342. The van der Waals surface area contributed by atoms with Crippen LogP contribution < -0.4 is 11.1 Å². The van der Waals surface area contributed by atoms with Crippen molar-refractivity contribution in [3.8, 4) is 0 Å². The van der Waals surface area contributed by atoms with Gasteiger partial charge in [-0.25, -0.2) is 0 Å². The molecule has 16 heavy (non-hydrogen) atoms. The molecular weight excluding hydrogens is 208 g/mol. The van der Waals surface area contributed by atoms with E-state index in [9.17, 15) is 4.79 Å². The molecule has 0 aromatic rings. The summed E-state index contributed by atoms with van der Waals surface area (Å²) in [5, 5.41) is 2.96. The van der Waals surface area contributed by atoms with E-state index in [0.29, 0.717) is 19.8 Å². The molecule has 3 N–H and O–H groups in total. The Morgan fingerprint density at radius 2 is 2.44 bits per heavy atom. The largest absolute Gasteiger partial charge is 0.383 e. The van der Waals surface area contributed by atoms with Crippen molar-refractivity contribution in [1.82, 2.24) is 5.32 Å². The predicted molar refractivity (Wildman–Crippen MR) is 61.0 cm³/mol. The van der Waals surface area contributed by atoms with E-state index in [0.717, 1.165) is 12.8 Å². The number of amides is 1. The smallest absolute Gasteiger partial charge is 0.225 e. The van der Waals surface area contributed by atoms with E-state index in [4.69, 9.17) is 15.2 Å². The number of hydrogen-bond donors (Lipinski definition) is 2. The Labute approximate surface area is 96.7 Å². The SMILES string of the molecule is COCC(CCN)NC(=O)C1COC(C)C1. The van der Waals surface area contributed by atoms with Gasteiger partial charge in [0, 0.05) is 7.11 Å². The minimum atomic E-state index is -0.0212. The van der Waals surface area contributed by atoms with Gasteiger partial charge >= 0.3 is 0 Å². The van der Waals surface area contributed by atoms with Gasteiger partial charge in [-0.15, -0.1) is 0 Å². The Balaban J connectivity index is 2.35. The molecule has 1 fully saturated rings. The molecule has 5 heteroatoms. The standard InChI is InChI=1S/C11H22N2O3/c1-8-5-9(6-16-8)11(14)13-10(3-4-12)7-15-2/h8-10H,3-7,12H2,1-2H3,(H,13,14). The second-order valence-electron chi connectivity index (χ2n) is 4.31. The summed E-state index contributed by atoms with van der Waals surface area (Å²) < 4.78 is 10.4. The highest BCUT2D eigenvalue weighted by Gasteiger charge is 2.29. The number of methoxy groups -OCH3 is 1. The van der Waals surface area contributed by atoms with Crippen LogP contribution in [0.15, 0.2) is 0 Å². The minimum absolute atomic E-state index is 0.0124. The third kappa shape index (κ3) is 4.08. The molecule has 1 aliphatic heterocycles. The van der Waals surface area contributed by atoms with Crippen LogP contribution >= 0.6 is 0 Å². The van der Waals surface area contributed by atoms with Gasteiger partial charge in [0.15, 0.2) is 0 Å². The predicted octanol–water partition coefficient (Wildman–Crippen LogP) is -0.109. The van der Waals surface area contributed by atoms with E-state index in [-0.39, 0.29) is 24.0 Å². The van der Waals surface area contributed by atoms with Gasteiger partial charge in [0.05, 0.1) is 31.3 Å². The van der Waals surface area contributed by atoms with Crippen molar-refractivity contribution in [3.05, 3.63) is 0 Å². The molecule has 1 rings (SSSR count). The molecule has 0 spiro atoms. The summed E-state index contributed by atoms with van der Waals surface area (Å²) in [7, 11) is 1.62. The van der Waals surface area contributed by atoms with Crippen LogP contribution in [-0.2, 0) is 14.3 Å². The Morgan fingerprint density at radius 3 is 2.94 bits per heavy atom. The van der Waals surface area contributed by atoms with Crippen molar-refractivity contribution >= 4 is 5.91 Å². The first-order valence-corrected chi connectivity index (χ1v) is 5.78. The highest BCUT2D eigenvalue weighted by Crippen LogP contribution is 2.19. The molecule has 1 heterocycles. The Kier molecular flexibility index (Phi) is 5.73. The van der Waals surface area contributed by atoms with E-state index in [2.05, 4.69) is 5.32 Å². The fraction of sp³-hybridized carbons (Fsp3) is 0.909. The van der Waals surface area contributed by atoms with Crippen molar-refractivity contribution in [2.24, 2.45) is 11.7 Å². The van der Waals surface area contributed by atoms with Gasteiger partial charge < -0.3 is 20.5 Å². The fourth-order valence-corrected chi connectivity index (χ4v) is 1.92. The van der Waals surface area contributed by atoms with Crippen LogP contribution in [0.1, 0.15) is 19.8 Å². The van der Waals surface area contributed by atoms with Crippen molar-refractivity contribution in [2.45, 2.75) is 31.9 Å². The molecule has 5 nitrogen and oxygen atoms in total. The molecule has 3 unspecified atom stereocenters. The van der Waals surface area contributed by atoms with Crippen LogP contribution in [0.3, 0.4) is 0 Å². The number of nitrogens with two attached hydrogens (primary N) is 1. The van der Waals surface area contributed by atoms with E-state index in [1.807, 2.05) is 6.92 Å². The van der Waals surface area contributed by atoms with Crippen LogP contribution in [0.25, 0.3) is 0 Å². The summed E-state index contributed by atoms with van der Waals surface area (Å²) in [4.78, 5) is 11.9. The van der Waals surface area contributed by atoms with E-state index < -0.39 is 0 Å². The number of ether oxygens (including phenoxy) is 2. The molecular formula is C11H22N2O3. The highest BCUT2D eigenvalue weighted by atomic mass is 16.5. The lowest BCUT2D eigenvalue weighted by molar-refractivity contribution is -0.126. The van der Waals surface area contributed by atoms with E-state index >= 15 is 0 Å². The van der Waals surface area contributed by atoms with Gasteiger partial charge in [-0.2, -0.15) is 0 Å². The summed E-state index contributed by atoms with van der Waals surface area (Å²) >= 11 is 0. The number of hydrogen-bond acceptors (Lipinski definition) is 4. The molecule has 0 aromatic carbocycles. The van der Waals surface area contributed by atoms with Crippen LogP contribution in [0.2, 0.25) is 0 Å². The van der Waals surface area contributed by atoms with E-state index in [1.165, 1.54) is 0 Å². The normalized spacial score (nSPS) is 26.7. The number of rotatable bonds is 6. The zero-order chi connectivity index (χ0) is 12.0. The molecule has 1 amide bonds. The molecule has 0 saturated carbocycles. The zero-order valence-electron chi connectivity index (χ0n) is 10.1. The molecule has 0 aromatic heterocycles. The zero-order valence-corrected chi connectivity index (χ0v) is 10.1. The topological polar surface area (TPSA) is 73.6 Å². The molecule has 0 aliphatic carbocycles.